The Hall–Kier alpha value is 0.288. The van der Waals surface area contributed by atoms with Crippen LogP contribution in [0.5, 0.6) is 0 Å². The second kappa shape index (κ2) is 5.90. The summed E-state index contributed by atoms with van der Waals surface area (Å²) in [6, 6.07) is 0. The zero-order valence-corrected chi connectivity index (χ0v) is 11.9. The van der Waals surface area contributed by atoms with E-state index in [1.54, 1.807) is 0 Å². The van der Waals surface area contributed by atoms with E-state index < -0.39 is 20.2 Å². The Morgan fingerprint density at radius 3 is 2.00 bits per heavy atom. The first-order chi connectivity index (χ1) is 6.00. The molecule has 0 aliphatic carbocycles. The third kappa shape index (κ3) is 3.50. The summed E-state index contributed by atoms with van der Waals surface area (Å²) in [5.74, 6) is 0.0155. The van der Waals surface area contributed by atoms with Crippen molar-refractivity contribution in [1.82, 2.24) is 0 Å². The minimum atomic E-state index is -1.41. The van der Waals surface area contributed by atoms with Gasteiger partial charge in [-0.2, -0.15) is 0 Å². The van der Waals surface area contributed by atoms with Crippen molar-refractivity contribution in [2.75, 3.05) is 6.61 Å². The molecule has 0 amide bonds. The molecule has 0 spiro atoms. The number of hydrogen-bond acceptors (Lipinski definition) is 2. The standard InChI is InChI=1S/C6H11O2.2C2H5.Sb/c1-4-8-6(7)5(2)3;2*1-2;/h4H2,1-3H3;2*1H2,2H3;. The summed E-state index contributed by atoms with van der Waals surface area (Å²) in [6.45, 7) is 10.9. The summed E-state index contributed by atoms with van der Waals surface area (Å²) in [5.41, 5.74) is 0. The molecule has 0 saturated heterocycles. The predicted molar refractivity (Wildman–Crippen MR) is 57.4 cm³/mol. The first kappa shape index (κ1) is 13.3. The molecule has 0 aliphatic heterocycles. The van der Waals surface area contributed by atoms with Gasteiger partial charge in [-0.15, -0.1) is 0 Å². The zero-order chi connectivity index (χ0) is 10.5. The monoisotopic (exact) mass is 294 g/mol. The van der Waals surface area contributed by atoms with E-state index in [2.05, 4.69) is 27.7 Å². The molecule has 0 atom stereocenters. The molecule has 0 bridgehead atoms. The fourth-order valence-electron chi connectivity index (χ4n) is 1.45. The van der Waals surface area contributed by atoms with Gasteiger partial charge >= 0.3 is 89.0 Å². The van der Waals surface area contributed by atoms with Crippen LogP contribution in [0.1, 0.15) is 34.6 Å². The van der Waals surface area contributed by atoms with Crippen LogP contribution < -0.4 is 0 Å². The van der Waals surface area contributed by atoms with Crippen molar-refractivity contribution < 1.29 is 9.53 Å². The maximum atomic E-state index is 11.6. The van der Waals surface area contributed by atoms with Gasteiger partial charge in [-0.1, -0.05) is 0 Å². The Labute approximate surface area is 89.0 Å². The second-order valence-electron chi connectivity index (χ2n) is 3.45. The first-order valence-corrected chi connectivity index (χ1v) is 9.81. The molecular formula is C10H21O2Sb. The third-order valence-corrected chi connectivity index (χ3v) is 11.7. The second-order valence-corrected chi connectivity index (χ2v) is 13.3. The molecule has 0 fully saturated rings. The van der Waals surface area contributed by atoms with Crippen LogP contribution >= 0.6 is 0 Å². The van der Waals surface area contributed by atoms with Crippen LogP contribution in [0.2, 0.25) is 12.1 Å². The summed E-state index contributed by atoms with van der Waals surface area (Å²) in [7, 11) is 0. The van der Waals surface area contributed by atoms with Gasteiger partial charge in [-0.05, 0) is 0 Å². The molecule has 0 radical (unpaired) electrons. The van der Waals surface area contributed by atoms with E-state index in [4.69, 9.17) is 4.74 Å². The van der Waals surface area contributed by atoms with E-state index in [0.717, 1.165) is 0 Å². The number of hydrogen-bond donors (Lipinski definition) is 0. The zero-order valence-electron chi connectivity index (χ0n) is 9.39. The van der Waals surface area contributed by atoms with E-state index in [-0.39, 0.29) is 9.33 Å². The van der Waals surface area contributed by atoms with Gasteiger partial charge in [0.2, 0.25) is 0 Å². The van der Waals surface area contributed by atoms with Gasteiger partial charge in [0.15, 0.2) is 0 Å². The summed E-state index contributed by atoms with van der Waals surface area (Å²) in [6.07, 6.45) is 0. The molecule has 13 heavy (non-hydrogen) atoms. The number of esters is 1. The molecule has 0 heterocycles. The van der Waals surface area contributed by atoms with Crippen LogP contribution in [-0.4, -0.2) is 32.8 Å². The Morgan fingerprint density at radius 2 is 1.69 bits per heavy atom. The van der Waals surface area contributed by atoms with E-state index in [9.17, 15) is 4.79 Å². The number of carbonyl (C=O) groups excluding carboxylic acids is 1. The van der Waals surface area contributed by atoms with Gasteiger partial charge in [-0.25, -0.2) is 0 Å². The van der Waals surface area contributed by atoms with Crippen LogP contribution in [-0.2, 0) is 9.53 Å². The van der Waals surface area contributed by atoms with Gasteiger partial charge in [0.05, 0.1) is 0 Å². The first-order valence-electron chi connectivity index (χ1n) is 4.92. The summed E-state index contributed by atoms with van der Waals surface area (Å²) < 4.78 is 7.37. The summed E-state index contributed by atoms with van der Waals surface area (Å²) in [4.78, 5) is 11.6. The fraction of sp³-hybridized carbons (Fsp3) is 0.900. The Balaban J connectivity index is 4.42. The molecule has 78 valence electrons. The number of ether oxygens (including phenoxy) is 1. The quantitative estimate of drug-likeness (QED) is 0.576. The SMILES string of the molecule is CCOC(=O)[C](C)(C)[Sb]([CH2]C)[CH2]C. The molecular weight excluding hydrogens is 274 g/mol. The average Bonchev–Trinajstić information content (AvgIpc) is 2.06. The van der Waals surface area contributed by atoms with Gasteiger partial charge in [0.25, 0.3) is 0 Å². The third-order valence-electron chi connectivity index (χ3n) is 2.33. The Kier molecular flexibility index (Phi) is 6.03. The molecule has 0 saturated carbocycles. The van der Waals surface area contributed by atoms with Gasteiger partial charge in [-0.3, -0.25) is 0 Å². The van der Waals surface area contributed by atoms with Crippen LogP contribution in [0.4, 0.5) is 0 Å². The average molecular weight is 295 g/mol. The predicted octanol–water partition coefficient (Wildman–Crippen LogP) is 2.86. The fourth-order valence-corrected chi connectivity index (χ4v) is 8.16. The molecule has 0 rings (SSSR count). The minimum absolute atomic E-state index is 0.0155. The van der Waals surface area contributed by atoms with E-state index in [0.29, 0.717) is 6.61 Å². The van der Waals surface area contributed by atoms with Crippen molar-refractivity contribution >= 4 is 26.2 Å². The van der Waals surface area contributed by atoms with E-state index in [1.165, 1.54) is 8.73 Å². The topological polar surface area (TPSA) is 26.3 Å². The summed E-state index contributed by atoms with van der Waals surface area (Å²) >= 11 is -1.41. The molecule has 0 aromatic carbocycles. The number of rotatable bonds is 5. The van der Waals surface area contributed by atoms with Crippen LogP contribution in [0.25, 0.3) is 0 Å². The molecule has 3 heteroatoms. The normalized spacial score (nSPS) is 11.8. The van der Waals surface area contributed by atoms with Crippen LogP contribution in [0.3, 0.4) is 0 Å². The molecule has 0 aromatic rings. The Bertz CT molecular complexity index is 162. The molecule has 0 aromatic heterocycles. The van der Waals surface area contributed by atoms with E-state index >= 15 is 0 Å². The van der Waals surface area contributed by atoms with Crippen molar-refractivity contribution in [3.8, 4) is 0 Å². The van der Waals surface area contributed by atoms with Crippen LogP contribution in [0.15, 0.2) is 0 Å². The molecule has 0 unspecified atom stereocenters. The molecule has 2 nitrogen and oxygen atoms in total. The number of carbonyl (C=O) groups is 1. The van der Waals surface area contributed by atoms with Crippen molar-refractivity contribution in [3.63, 3.8) is 0 Å². The van der Waals surface area contributed by atoms with Crippen molar-refractivity contribution in [2.24, 2.45) is 0 Å². The Morgan fingerprint density at radius 1 is 1.23 bits per heavy atom. The van der Waals surface area contributed by atoms with Crippen LogP contribution in [0, 0.1) is 0 Å². The van der Waals surface area contributed by atoms with Crippen molar-refractivity contribution in [3.05, 3.63) is 0 Å². The van der Waals surface area contributed by atoms with E-state index in [1.807, 2.05) is 6.92 Å². The van der Waals surface area contributed by atoms with Gasteiger partial charge < -0.3 is 0 Å². The maximum absolute atomic E-state index is 11.6. The molecule has 0 N–H and O–H groups in total. The van der Waals surface area contributed by atoms with Gasteiger partial charge in [0, 0.05) is 0 Å². The van der Waals surface area contributed by atoms with Crippen molar-refractivity contribution in [1.29, 1.82) is 0 Å². The van der Waals surface area contributed by atoms with Crippen molar-refractivity contribution in [2.45, 2.75) is 46.7 Å². The molecule has 0 aliphatic rings. The summed E-state index contributed by atoms with van der Waals surface area (Å²) in [5, 5.41) is 0. The van der Waals surface area contributed by atoms with Gasteiger partial charge in [0.1, 0.15) is 0 Å².